The average molecular weight is 427 g/mol. The minimum Gasteiger partial charge on any atom is -0.357 e. The summed E-state index contributed by atoms with van der Waals surface area (Å²) in [5.74, 6) is 0.672. The summed E-state index contributed by atoms with van der Waals surface area (Å²) in [5.41, 5.74) is 1.18. The summed E-state index contributed by atoms with van der Waals surface area (Å²) in [7, 11) is -3.21. The molecule has 164 valence electrons. The fourth-order valence-electron chi connectivity index (χ4n) is 3.73. The number of nitrogens with one attached hydrogen (secondary N) is 2. The molecule has 1 fully saturated rings. The first kappa shape index (κ1) is 23.6. The molecule has 0 amide bonds. The molecule has 0 aromatic heterocycles. The quantitative estimate of drug-likeness (QED) is 0.469. The number of aliphatic imine (C=N–C) groups is 1. The number of benzene rings is 1. The minimum absolute atomic E-state index is 0.119. The Morgan fingerprint density at radius 2 is 1.90 bits per heavy atom. The van der Waals surface area contributed by atoms with E-state index in [2.05, 4.69) is 34.4 Å². The molecule has 29 heavy (non-hydrogen) atoms. The summed E-state index contributed by atoms with van der Waals surface area (Å²) in [4.78, 5) is 7.11. The van der Waals surface area contributed by atoms with Crippen molar-refractivity contribution in [2.45, 2.75) is 52.0 Å². The smallest absolute Gasteiger partial charge is 0.191 e. The first-order valence-corrected chi connectivity index (χ1v) is 12.5. The summed E-state index contributed by atoms with van der Waals surface area (Å²) in [6.07, 6.45) is 3.68. The van der Waals surface area contributed by atoms with Crippen LogP contribution in [0.2, 0.25) is 0 Å². The van der Waals surface area contributed by atoms with E-state index in [0.717, 1.165) is 19.6 Å². The van der Waals surface area contributed by atoms with Gasteiger partial charge in [0.2, 0.25) is 0 Å². The Morgan fingerprint density at radius 3 is 2.48 bits per heavy atom. The van der Waals surface area contributed by atoms with Crippen molar-refractivity contribution < 1.29 is 12.8 Å². The molecule has 6 nitrogen and oxygen atoms in total. The Morgan fingerprint density at radius 1 is 1.21 bits per heavy atom. The van der Waals surface area contributed by atoms with Gasteiger partial charge in [0.15, 0.2) is 15.8 Å². The highest BCUT2D eigenvalue weighted by atomic mass is 32.2. The summed E-state index contributed by atoms with van der Waals surface area (Å²) in [6, 6.07) is 4.62. The van der Waals surface area contributed by atoms with E-state index < -0.39 is 9.84 Å². The number of hydrogen-bond donors (Lipinski definition) is 2. The van der Waals surface area contributed by atoms with Gasteiger partial charge in [-0.3, -0.25) is 4.90 Å². The molecule has 1 unspecified atom stereocenters. The number of nitrogens with zero attached hydrogens (tertiary/aromatic N) is 2. The third-order valence-electron chi connectivity index (χ3n) is 5.20. The molecular weight excluding hydrogens is 391 g/mol. The second-order valence-corrected chi connectivity index (χ2v) is 10.3. The van der Waals surface area contributed by atoms with Crippen molar-refractivity contribution >= 4 is 15.8 Å². The van der Waals surface area contributed by atoms with Crippen molar-refractivity contribution in [2.24, 2.45) is 10.9 Å². The third-order valence-corrected chi connectivity index (χ3v) is 6.03. The Hall–Kier alpha value is -1.67. The molecule has 1 heterocycles. The summed E-state index contributed by atoms with van der Waals surface area (Å²) >= 11 is 0. The van der Waals surface area contributed by atoms with Crippen molar-refractivity contribution in [3.05, 3.63) is 35.1 Å². The minimum atomic E-state index is -3.21. The van der Waals surface area contributed by atoms with E-state index in [1.807, 2.05) is 6.92 Å². The number of halogens is 1. The lowest BCUT2D eigenvalue weighted by Crippen LogP contribution is -2.48. The van der Waals surface area contributed by atoms with Crippen LogP contribution in [0.5, 0.6) is 0 Å². The molecular formula is C21H35FN4O2S. The van der Waals surface area contributed by atoms with Gasteiger partial charge in [-0.1, -0.05) is 19.9 Å². The van der Waals surface area contributed by atoms with E-state index in [1.54, 1.807) is 0 Å². The molecule has 1 aliphatic rings. The molecule has 1 aromatic rings. The average Bonchev–Trinajstić information content (AvgIpc) is 3.14. The van der Waals surface area contributed by atoms with E-state index in [1.165, 1.54) is 37.3 Å². The predicted molar refractivity (Wildman–Crippen MR) is 117 cm³/mol. The number of rotatable bonds is 9. The molecule has 8 heteroatoms. The van der Waals surface area contributed by atoms with Crippen molar-refractivity contribution in [1.82, 2.24) is 15.5 Å². The van der Waals surface area contributed by atoms with Crippen LogP contribution >= 0.6 is 0 Å². The lowest BCUT2D eigenvalue weighted by Gasteiger charge is -2.31. The number of sulfone groups is 1. The van der Waals surface area contributed by atoms with Gasteiger partial charge < -0.3 is 10.6 Å². The van der Waals surface area contributed by atoms with E-state index in [-0.39, 0.29) is 18.1 Å². The van der Waals surface area contributed by atoms with Gasteiger partial charge in [0.25, 0.3) is 0 Å². The lowest BCUT2D eigenvalue weighted by molar-refractivity contribution is 0.192. The molecule has 1 saturated heterocycles. The molecule has 1 aromatic carbocycles. The summed E-state index contributed by atoms with van der Waals surface area (Å²) in [6.45, 7) is 10.4. The molecule has 0 radical (unpaired) electrons. The second-order valence-electron chi connectivity index (χ2n) is 8.11. The maximum absolute atomic E-state index is 13.7. The van der Waals surface area contributed by atoms with Crippen LogP contribution in [0.25, 0.3) is 0 Å². The molecule has 1 aliphatic heterocycles. The van der Waals surface area contributed by atoms with Gasteiger partial charge in [-0.15, -0.1) is 0 Å². The highest BCUT2D eigenvalue weighted by Gasteiger charge is 2.24. The van der Waals surface area contributed by atoms with E-state index in [9.17, 15) is 12.8 Å². The van der Waals surface area contributed by atoms with Crippen LogP contribution < -0.4 is 10.6 Å². The molecule has 2 N–H and O–H groups in total. The van der Waals surface area contributed by atoms with Crippen molar-refractivity contribution in [3.8, 4) is 0 Å². The van der Waals surface area contributed by atoms with Gasteiger partial charge in [0.1, 0.15) is 5.82 Å². The van der Waals surface area contributed by atoms with Crippen LogP contribution in [0.4, 0.5) is 4.39 Å². The molecule has 0 spiro atoms. The van der Waals surface area contributed by atoms with Gasteiger partial charge in [-0.05, 0) is 62.0 Å². The maximum atomic E-state index is 13.7. The SMILES string of the molecule is CCNC(=NCc1cc(F)ccc1CS(C)(=O)=O)NCC(C(C)C)N1CCCC1. The molecule has 0 aliphatic carbocycles. The van der Waals surface area contributed by atoms with Crippen LogP contribution in [0, 0.1) is 11.7 Å². The first-order chi connectivity index (χ1) is 13.7. The standard InChI is InChI=1S/C21H35FN4O2S/c1-5-23-21(25-14-20(16(2)3)26-10-6-7-11-26)24-13-18-12-19(22)9-8-17(18)15-29(4,27)28/h8-9,12,16,20H,5-7,10-11,13-15H2,1-4H3,(H2,23,24,25). The number of guanidine groups is 1. The topological polar surface area (TPSA) is 73.8 Å². The summed E-state index contributed by atoms with van der Waals surface area (Å²) in [5, 5.41) is 6.65. The second kappa shape index (κ2) is 10.9. The van der Waals surface area contributed by atoms with Gasteiger partial charge >= 0.3 is 0 Å². The van der Waals surface area contributed by atoms with E-state index in [0.29, 0.717) is 35.6 Å². The fourth-order valence-corrected chi connectivity index (χ4v) is 4.58. The predicted octanol–water partition coefficient (Wildman–Crippen LogP) is 2.55. The zero-order chi connectivity index (χ0) is 21.4. The normalized spacial score (nSPS) is 17.0. The Labute approximate surface area is 174 Å². The highest BCUT2D eigenvalue weighted by molar-refractivity contribution is 7.89. The Kier molecular flexibility index (Phi) is 8.89. The Balaban J connectivity index is 2.11. The molecule has 1 atom stereocenters. The van der Waals surface area contributed by atoms with E-state index >= 15 is 0 Å². The Bertz CT molecular complexity index is 790. The lowest BCUT2D eigenvalue weighted by atomic mass is 10.0. The maximum Gasteiger partial charge on any atom is 0.191 e. The molecule has 0 bridgehead atoms. The van der Waals surface area contributed by atoms with Crippen LogP contribution in [0.3, 0.4) is 0 Å². The van der Waals surface area contributed by atoms with Crippen molar-refractivity contribution in [2.75, 3.05) is 32.4 Å². The largest absolute Gasteiger partial charge is 0.357 e. The van der Waals surface area contributed by atoms with Crippen LogP contribution in [0.15, 0.2) is 23.2 Å². The first-order valence-electron chi connectivity index (χ1n) is 10.4. The van der Waals surface area contributed by atoms with Crippen LogP contribution in [-0.2, 0) is 22.1 Å². The third kappa shape index (κ3) is 7.93. The van der Waals surface area contributed by atoms with Crippen LogP contribution in [0.1, 0.15) is 44.7 Å². The highest BCUT2D eigenvalue weighted by Crippen LogP contribution is 2.18. The number of likely N-dealkylation sites (tertiary alicyclic amines) is 1. The van der Waals surface area contributed by atoms with Gasteiger partial charge in [-0.2, -0.15) is 0 Å². The monoisotopic (exact) mass is 426 g/mol. The zero-order valence-corrected chi connectivity index (χ0v) is 18.9. The zero-order valence-electron chi connectivity index (χ0n) is 18.0. The van der Waals surface area contributed by atoms with Crippen molar-refractivity contribution in [3.63, 3.8) is 0 Å². The van der Waals surface area contributed by atoms with E-state index in [4.69, 9.17) is 0 Å². The molecule has 0 saturated carbocycles. The molecule has 2 rings (SSSR count). The van der Waals surface area contributed by atoms with Crippen molar-refractivity contribution in [1.29, 1.82) is 0 Å². The van der Waals surface area contributed by atoms with Gasteiger partial charge in [0, 0.05) is 25.4 Å². The van der Waals surface area contributed by atoms with Crippen LogP contribution in [-0.4, -0.2) is 57.8 Å². The summed E-state index contributed by atoms with van der Waals surface area (Å²) < 4.78 is 37.1. The number of hydrogen-bond acceptors (Lipinski definition) is 4. The fraction of sp³-hybridized carbons (Fsp3) is 0.667. The van der Waals surface area contributed by atoms with Gasteiger partial charge in [-0.25, -0.2) is 17.8 Å². The van der Waals surface area contributed by atoms with Gasteiger partial charge in [0.05, 0.1) is 12.3 Å².